The third kappa shape index (κ3) is 2.64. The zero-order chi connectivity index (χ0) is 16.8. The summed E-state index contributed by atoms with van der Waals surface area (Å²) in [6, 6.07) is 9.33. The summed E-state index contributed by atoms with van der Waals surface area (Å²) in [5.41, 5.74) is 0.774. The Hall–Kier alpha value is -2.19. The quantitative estimate of drug-likeness (QED) is 0.737. The van der Waals surface area contributed by atoms with Crippen LogP contribution in [0.3, 0.4) is 0 Å². The molecule has 2 heterocycles. The van der Waals surface area contributed by atoms with Gasteiger partial charge in [0, 0.05) is 16.1 Å². The van der Waals surface area contributed by atoms with Crippen molar-refractivity contribution in [1.82, 2.24) is 8.96 Å². The summed E-state index contributed by atoms with van der Waals surface area (Å²) in [5, 5.41) is 9.62. The number of rotatable bonds is 3. The van der Waals surface area contributed by atoms with Gasteiger partial charge in [0.1, 0.15) is 0 Å². The van der Waals surface area contributed by atoms with E-state index in [4.69, 9.17) is 5.11 Å². The minimum Gasteiger partial charge on any atom is -0.477 e. The maximum atomic E-state index is 12.8. The number of carboxylic acids is 1. The average molecular weight is 395 g/mol. The fourth-order valence-electron chi connectivity index (χ4n) is 2.17. The fourth-order valence-corrected chi connectivity index (χ4v) is 3.99. The zero-order valence-corrected chi connectivity index (χ0v) is 14.3. The zero-order valence-electron chi connectivity index (χ0n) is 11.9. The molecule has 1 aromatic carbocycles. The lowest BCUT2D eigenvalue weighted by Crippen LogP contribution is -2.13. The Labute approximate surface area is 140 Å². The number of aryl methyl sites for hydroxylation is 1. The number of aromatic nitrogens is 2. The van der Waals surface area contributed by atoms with Crippen LogP contribution in [0.15, 0.2) is 52.0 Å². The van der Waals surface area contributed by atoms with E-state index >= 15 is 0 Å². The third-order valence-corrected chi connectivity index (χ3v) is 5.71. The molecule has 0 aliphatic heterocycles. The Bertz CT molecular complexity index is 1020. The molecule has 0 fully saturated rings. The summed E-state index contributed by atoms with van der Waals surface area (Å²) in [6.45, 7) is 1.86. The number of carboxylic acid groups (broad SMARTS) is 1. The second-order valence-electron chi connectivity index (χ2n) is 4.96. The maximum Gasteiger partial charge on any atom is 0.354 e. The van der Waals surface area contributed by atoms with E-state index in [9.17, 15) is 13.2 Å². The molecule has 0 saturated heterocycles. The van der Waals surface area contributed by atoms with E-state index in [1.54, 1.807) is 18.2 Å². The number of hydrogen-bond acceptors (Lipinski definition) is 4. The van der Waals surface area contributed by atoms with E-state index in [2.05, 4.69) is 20.9 Å². The van der Waals surface area contributed by atoms with Crippen LogP contribution in [0.1, 0.15) is 16.1 Å². The minimum atomic E-state index is -3.86. The molecule has 0 spiro atoms. The smallest absolute Gasteiger partial charge is 0.354 e. The molecule has 8 heteroatoms. The SMILES string of the molecule is Cc1ccc(S(=O)(=O)n2ccc3c(Br)cc(C(=O)O)nc32)cc1. The number of nitrogens with zero attached hydrogens (tertiary/aromatic N) is 2. The van der Waals surface area contributed by atoms with Crippen LogP contribution >= 0.6 is 15.9 Å². The van der Waals surface area contributed by atoms with Gasteiger partial charge in [0.15, 0.2) is 11.3 Å². The van der Waals surface area contributed by atoms with Crippen molar-refractivity contribution >= 4 is 43.0 Å². The van der Waals surface area contributed by atoms with Crippen molar-refractivity contribution in [3.05, 3.63) is 58.3 Å². The summed E-state index contributed by atoms with van der Waals surface area (Å²) < 4.78 is 27.0. The molecule has 2 aromatic heterocycles. The van der Waals surface area contributed by atoms with Crippen molar-refractivity contribution in [2.24, 2.45) is 0 Å². The molecular formula is C15H11BrN2O4S. The first-order chi connectivity index (χ1) is 10.8. The predicted molar refractivity (Wildman–Crippen MR) is 88.2 cm³/mol. The van der Waals surface area contributed by atoms with Crippen LogP contribution < -0.4 is 0 Å². The summed E-state index contributed by atoms with van der Waals surface area (Å²) in [5.74, 6) is -1.23. The largest absolute Gasteiger partial charge is 0.477 e. The highest BCUT2D eigenvalue weighted by molar-refractivity contribution is 9.10. The van der Waals surface area contributed by atoms with Gasteiger partial charge in [-0.25, -0.2) is 22.2 Å². The van der Waals surface area contributed by atoms with Gasteiger partial charge in [-0.2, -0.15) is 0 Å². The molecule has 0 bridgehead atoms. The topological polar surface area (TPSA) is 89.3 Å². The van der Waals surface area contributed by atoms with Crippen molar-refractivity contribution in [2.75, 3.05) is 0 Å². The molecule has 0 radical (unpaired) electrons. The summed E-state index contributed by atoms with van der Waals surface area (Å²) in [7, 11) is -3.86. The van der Waals surface area contributed by atoms with Gasteiger partial charge < -0.3 is 5.11 Å². The molecule has 3 aromatic rings. The molecule has 0 atom stereocenters. The Morgan fingerprint density at radius 2 is 1.87 bits per heavy atom. The van der Waals surface area contributed by atoms with Crippen molar-refractivity contribution in [1.29, 1.82) is 0 Å². The van der Waals surface area contributed by atoms with Crippen molar-refractivity contribution in [3.8, 4) is 0 Å². The number of halogens is 1. The maximum absolute atomic E-state index is 12.8. The van der Waals surface area contributed by atoms with E-state index in [0.29, 0.717) is 9.86 Å². The highest BCUT2D eigenvalue weighted by Crippen LogP contribution is 2.27. The number of pyridine rings is 1. The van der Waals surface area contributed by atoms with Crippen LogP contribution in [-0.4, -0.2) is 28.5 Å². The molecule has 6 nitrogen and oxygen atoms in total. The average Bonchev–Trinajstić information content (AvgIpc) is 2.92. The lowest BCUT2D eigenvalue weighted by atomic mass is 10.2. The van der Waals surface area contributed by atoms with Gasteiger partial charge in [-0.05, 0) is 47.1 Å². The van der Waals surface area contributed by atoms with E-state index in [-0.39, 0.29) is 16.2 Å². The first-order valence-electron chi connectivity index (χ1n) is 6.54. The van der Waals surface area contributed by atoms with Gasteiger partial charge in [-0.1, -0.05) is 17.7 Å². The first-order valence-corrected chi connectivity index (χ1v) is 8.77. The van der Waals surface area contributed by atoms with Crippen molar-refractivity contribution in [3.63, 3.8) is 0 Å². The molecule has 0 saturated carbocycles. The van der Waals surface area contributed by atoms with Gasteiger partial charge in [-0.15, -0.1) is 0 Å². The lowest BCUT2D eigenvalue weighted by Gasteiger charge is -2.08. The minimum absolute atomic E-state index is 0.0670. The number of fused-ring (bicyclic) bond motifs is 1. The summed E-state index contributed by atoms with van der Waals surface area (Å²) in [6.07, 6.45) is 1.36. The second-order valence-corrected chi connectivity index (χ2v) is 7.63. The van der Waals surface area contributed by atoms with E-state index < -0.39 is 16.0 Å². The van der Waals surface area contributed by atoms with Crippen LogP contribution in [0.4, 0.5) is 0 Å². The van der Waals surface area contributed by atoms with Crippen LogP contribution in [0.25, 0.3) is 11.0 Å². The van der Waals surface area contributed by atoms with Gasteiger partial charge in [0.05, 0.1) is 4.90 Å². The molecule has 0 aliphatic rings. The lowest BCUT2D eigenvalue weighted by molar-refractivity contribution is 0.0690. The molecule has 3 rings (SSSR count). The number of carbonyl (C=O) groups is 1. The van der Waals surface area contributed by atoms with Gasteiger partial charge in [0.25, 0.3) is 10.0 Å². The Balaban J connectivity index is 2.27. The Kier molecular flexibility index (Phi) is 3.73. The molecule has 1 N–H and O–H groups in total. The monoisotopic (exact) mass is 394 g/mol. The van der Waals surface area contributed by atoms with Crippen LogP contribution in [0.2, 0.25) is 0 Å². The first kappa shape index (κ1) is 15.7. The number of benzene rings is 1. The van der Waals surface area contributed by atoms with Crippen molar-refractivity contribution in [2.45, 2.75) is 11.8 Å². The van der Waals surface area contributed by atoms with E-state index in [1.807, 2.05) is 6.92 Å². The van der Waals surface area contributed by atoms with Crippen LogP contribution in [-0.2, 0) is 10.0 Å². The number of aromatic carboxylic acids is 1. The van der Waals surface area contributed by atoms with Crippen molar-refractivity contribution < 1.29 is 18.3 Å². The van der Waals surface area contributed by atoms with Gasteiger partial charge in [0.2, 0.25) is 0 Å². The van der Waals surface area contributed by atoms with Crippen LogP contribution in [0.5, 0.6) is 0 Å². The van der Waals surface area contributed by atoms with Gasteiger partial charge >= 0.3 is 5.97 Å². The standard InChI is InChI=1S/C15H11BrN2O4S/c1-9-2-4-10(5-3-9)23(21,22)18-7-6-11-12(16)8-13(15(19)20)17-14(11)18/h2-8H,1H3,(H,19,20). The second kappa shape index (κ2) is 5.47. The highest BCUT2D eigenvalue weighted by Gasteiger charge is 2.21. The van der Waals surface area contributed by atoms with E-state index in [0.717, 1.165) is 9.54 Å². The normalized spacial score (nSPS) is 11.7. The summed E-state index contributed by atoms with van der Waals surface area (Å²) in [4.78, 5) is 15.2. The van der Waals surface area contributed by atoms with Crippen LogP contribution in [0, 0.1) is 6.92 Å². The molecule has 0 amide bonds. The van der Waals surface area contributed by atoms with E-state index in [1.165, 1.54) is 24.4 Å². The van der Waals surface area contributed by atoms with Gasteiger partial charge in [-0.3, -0.25) is 0 Å². The number of hydrogen-bond donors (Lipinski definition) is 1. The Morgan fingerprint density at radius 3 is 2.48 bits per heavy atom. The molecule has 118 valence electrons. The Morgan fingerprint density at radius 1 is 1.22 bits per heavy atom. The molecule has 23 heavy (non-hydrogen) atoms. The molecule has 0 aliphatic carbocycles. The predicted octanol–water partition coefficient (Wildman–Crippen LogP) is 3.04. The molecule has 0 unspecified atom stereocenters. The molecular weight excluding hydrogens is 384 g/mol. The highest BCUT2D eigenvalue weighted by atomic mass is 79.9. The third-order valence-electron chi connectivity index (χ3n) is 3.37. The fraction of sp³-hybridized carbons (Fsp3) is 0.0667. The summed E-state index contributed by atoms with van der Waals surface area (Å²) >= 11 is 3.25.